The molecule has 1 saturated heterocycles. The maximum atomic E-state index is 12.1. The van der Waals surface area contributed by atoms with Gasteiger partial charge in [-0.05, 0) is 17.7 Å². The Morgan fingerprint density at radius 1 is 1.45 bits per heavy atom. The number of rotatable bonds is 4. The van der Waals surface area contributed by atoms with E-state index in [-0.39, 0.29) is 12.5 Å². The lowest BCUT2D eigenvalue weighted by Crippen LogP contribution is -2.50. The van der Waals surface area contributed by atoms with E-state index >= 15 is 0 Å². The first kappa shape index (κ1) is 14.0. The molecule has 6 nitrogen and oxygen atoms in total. The van der Waals surface area contributed by atoms with Gasteiger partial charge >= 0.3 is 5.97 Å². The lowest BCUT2D eigenvalue weighted by Gasteiger charge is -2.31. The number of ether oxygens (including phenoxy) is 1. The molecule has 1 atom stereocenters. The lowest BCUT2D eigenvalue weighted by molar-refractivity contribution is -0.158. The fraction of sp³-hybridized carbons (Fsp3) is 0.357. The summed E-state index contributed by atoms with van der Waals surface area (Å²) in [5.41, 5.74) is 1.43. The average Bonchev–Trinajstić information content (AvgIpc) is 2.43. The number of nitrogens with zero attached hydrogens (tertiary/aromatic N) is 2. The molecule has 1 aromatic carbocycles. The molecule has 6 heteroatoms. The molecule has 1 amide bonds. The molecule has 0 spiro atoms. The number of carbonyl (C=O) groups is 2. The minimum atomic E-state index is -1.03. The van der Waals surface area contributed by atoms with Gasteiger partial charge in [-0.25, -0.2) is 0 Å². The molecular weight excluding hydrogens is 260 g/mol. The fourth-order valence-corrected chi connectivity index (χ4v) is 2.09. The number of carboxylic acid groups (broad SMARTS) is 1. The fourth-order valence-electron chi connectivity index (χ4n) is 2.09. The molecule has 0 aromatic heterocycles. The van der Waals surface area contributed by atoms with Gasteiger partial charge in [-0.3, -0.25) is 9.59 Å². The molecule has 0 saturated carbocycles. The molecule has 104 valence electrons. The minimum absolute atomic E-state index is 0.300. The Morgan fingerprint density at radius 3 is 2.75 bits per heavy atom. The average molecular weight is 274 g/mol. The second kappa shape index (κ2) is 6.17. The second-order valence-electron chi connectivity index (χ2n) is 4.53. The predicted molar refractivity (Wildman–Crippen MR) is 68.8 cm³/mol. The van der Waals surface area contributed by atoms with E-state index in [2.05, 4.69) is 0 Å². The number of nitriles is 1. The highest BCUT2D eigenvalue weighted by Crippen LogP contribution is 2.14. The van der Waals surface area contributed by atoms with Crippen LogP contribution >= 0.6 is 0 Å². The summed E-state index contributed by atoms with van der Waals surface area (Å²) in [6.45, 7) is 0.334. The summed E-state index contributed by atoms with van der Waals surface area (Å²) in [4.78, 5) is 24.0. The molecule has 1 aliphatic heterocycles. The number of amides is 1. The molecule has 0 aliphatic carbocycles. The smallest absolute Gasteiger partial charge is 0.323 e. The summed E-state index contributed by atoms with van der Waals surface area (Å²) in [7, 11) is 0. The van der Waals surface area contributed by atoms with Crippen LogP contribution in [-0.4, -0.2) is 47.7 Å². The predicted octanol–water partition coefficient (Wildman–Crippen LogP) is 0.413. The van der Waals surface area contributed by atoms with Crippen molar-refractivity contribution in [3.63, 3.8) is 0 Å². The van der Waals surface area contributed by atoms with Crippen LogP contribution in [0.2, 0.25) is 0 Å². The highest BCUT2D eigenvalue weighted by Gasteiger charge is 2.30. The summed E-state index contributed by atoms with van der Waals surface area (Å²) in [6.07, 6.45) is -0.281. The van der Waals surface area contributed by atoms with Gasteiger partial charge in [0.1, 0.15) is 12.6 Å². The molecule has 1 aliphatic rings. The van der Waals surface area contributed by atoms with Gasteiger partial charge in [0, 0.05) is 13.0 Å². The molecule has 0 bridgehead atoms. The van der Waals surface area contributed by atoms with Crippen LogP contribution in [0.25, 0.3) is 0 Å². The van der Waals surface area contributed by atoms with Crippen LogP contribution in [0.3, 0.4) is 0 Å². The van der Waals surface area contributed by atoms with Gasteiger partial charge in [0.05, 0.1) is 18.2 Å². The largest absolute Gasteiger partial charge is 0.480 e. The number of hydrogen-bond donors (Lipinski definition) is 1. The third kappa shape index (κ3) is 3.33. The first-order valence-corrected chi connectivity index (χ1v) is 6.21. The van der Waals surface area contributed by atoms with E-state index in [4.69, 9.17) is 15.1 Å². The zero-order valence-electron chi connectivity index (χ0n) is 10.8. The number of morpholine rings is 1. The number of carbonyl (C=O) groups excluding carboxylic acids is 1. The number of aliphatic carboxylic acids is 1. The molecule has 20 heavy (non-hydrogen) atoms. The Balaban J connectivity index is 2.02. The molecule has 0 radical (unpaired) electrons. The normalized spacial score (nSPS) is 18.6. The van der Waals surface area contributed by atoms with E-state index < -0.39 is 12.1 Å². The van der Waals surface area contributed by atoms with Gasteiger partial charge < -0.3 is 14.7 Å². The molecule has 1 fully saturated rings. The van der Waals surface area contributed by atoms with E-state index in [0.717, 1.165) is 5.56 Å². The zero-order valence-corrected chi connectivity index (χ0v) is 10.8. The first-order valence-electron chi connectivity index (χ1n) is 6.21. The van der Waals surface area contributed by atoms with Gasteiger partial charge in [-0.2, -0.15) is 5.26 Å². The van der Waals surface area contributed by atoms with Crippen LogP contribution in [-0.2, 0) is 20.7 Å². The molecule has 1 aromatic rings. The quantitative estimate of drug-likeness (QED) is 0.859. The molecule has 2 rings (SSSR count). The molecule has 1 unspecified atom stereocenters. The Hall–Kier alpha value is -2.39. The maximum absolute atomic E-state index is 12.1. The molecule has 1 heterocycles. The lowest BCUT2D eigenvalue weighted by atomic mass is 10.0. The summed E-state index contributed by atoms with van der Waals surface area (Å²) >= 11 is 0. The van der Waals surface area contributed by atoms with Crippen molar-refractivity contribution < 1.29 is 19.4 Å². The molecule has 1 N–H and O–H groups in total. The van der Waals surface area contributed by atoms with Gasteiger partial charge in [-0.1, -0.05) is 12.1 Å². The van der Waals surface area contributed by atoms with Crippen molar-refractivity contribution in [3.05, 3.63) is 35.4 Å². The van der Waals surface area contributed by atoms with E-state index in [0.29, 0.717) is 25.1 Å². The Labute approximate surface area is 116 Å². The van der Waals surface area contributed by atoms with Crippen molar-refractivity contribution in [1.29, 1.82) is 5.26 Å². The van der Waals surface area contributed by atoms with Crippen molar-refractivity contribution in [3.8, 4) is 6.07 Å². The van der Waals surface area contributed by atoms with E-state index in [9.17, 15) is 9.59 Å². The van der Waals surface area contributed by atoms with Crippen LogP contribution in [0.1, 0.15) is 11.1 Å². The van der Waals surface area contributed by atoms with Crippen LogP contribution < -0.4 is 0 Å². The topological polar surface area (TPSA) is 90.6 Å². The highest BCUT2D eigenvalue weighted by molar-refractivity contribution is 5.85. The van der Waals surface area contributed by atoms with Gasteiger partial charge in [0.2, 0.25) is 0 Å². The van der Waals surface area contributed by atoms with Crippen molar-refractivity contribution in [1.82, 2.24) is 4.90 Å². The van der Waals surface area contributed by atoms with Crippen LogP contribution in [0, 0.1) is 11.3 Å². The Bertz CT molecular complexity index is 547. The van der Waals surface area contributed by atoms with Gasteiger partial charge in [-0.15, -0.1) is 0 Å². The van der Waals surface area contributed by atoms with Crippen molar-refractivity contribution in [2.45, 2.75) is 12.5 Å². The Kier molecular flexibility index (Phi) is 4.33. The number of hydrogen-bond acceptors (Lipinski definition) is 4. The SMILES string of the molecule is N#Cc1ccc(CC2OCCN(CC(=O)O)C2=O)cc1. The maximum Gasteiger partial charge on any atom is 0.323 e. The van der Waals surface area contributed by atoms with Crippen molar-refractivity contribution in [2.75, 3.05) is 19.7 Å². The first-order chi connectivity index (χ1) is 9.60. The van der Waals surface area contributed by atoms with E-state index in [1.165, 1.54) is 4.90 Å². The van der Waals surface area contributed by atoms with Gasteiger partial charge in [0.25, 0.3) is 5.91 Å². The number of benzene rings is 1. The number of carboxylic acids is 1. The third-order valence-corrected chi connectivity index (χ3v) is 3.10. The Morgan fingerprint density at radius 2 is 2.15 bits per heavy atom. The summed E-state index contributed by atoms with van der Waals surface area (Å²) in [5.74, 6) is -1.33. The van der Waals surface area contributed by atoms with Crippen molar-refractivity contribution in [2.24, 2.45) is 0 Å². The third-order valence-electron chi connectivity index (χ3n) is 3.10. The summed E-state index contributed by atoms with van der Waals surface area (Å²) in [6, 6.07) is 8.92. The summed E-state index contributed by atoms with van der Waals surface area (Å²) in [5, 5.41) is 17.5. The standard InChI is InChI=1S/C14H14N2O4/c15-8-11-3-1-10(2-4-11)7-12-14(19)16(5-6-20-12)9-13(17)18/h1-4,12H,5-7,9H2,(H,17,18). The molecular formula is C14H14N2O4. The van der Waals surface area contributed by atoms with E-state index in [1.54, 1.807) is 24.3 Å². The highest BCUT2D eigenvalue weighted by atomic mass is 16.5. The van der Waals surface area contributed by atoms with Crippen LogP contribution in [0.15, 0.2) is 24.3 Å². The van der Waals surface area contributed by atoms with Gasteiger partial charge in [0.15, 0.2) is 0 Å². The second-order valence-corrected chi connectivity index (χ2v) is 4.53. The monoisotopic (exact) mass is 274 g/mol. The van der Waals surface area contributed by atoms with E-state index in [1.807, 2.05) is 6.07 Å². The zero-order chi connectivity index (χ0) is 14.5. The van der Waals surface area contributed by atoms with Crippen LogP contribution in [0.4, 0.5) is 0 Å². The minimum Gasteiger partial charge on any atom is -0.480 e. The summed E-state index contributed by atoms with van der Waals surface area (Å²) < 4.78 is 5.41. The van der Waals surface area contributed by atoms with Crippen molar-refractivity contribution >= 4 is 11.9 Å². The van der Waals surface area contributed by atoms with Crippen LogP contribution in [0.5, 0.6) is 0 Å².